The van der Waals surface area contributed by atoms with Crippen LogP contribution in [0, 0.1) is 0 Å². The van der Waals surface area contributed by atoms with Crippen molar-refractivity contribution in [2.24, 2.45) is 11.5 Å². The van der Waals surface area contributed by atoms with Crippen LogP contribution in [0.4, 0.5) is 0 Å². The van der Waals surface area contributed by atoms with Crippen LogP contribution in [0.25, 0.3) is 0 Å². The zero-order chi connectivity index (χ0) is 10.7. The minimum Gasteiger partial charge on any atom is -0.495 e. The third kappa shape index (κ3) is 2.38. The van der Waals surface area contributed by atoms with E-state index in [1.54, 1.807) is 19.2 Å². The molecule has 0 aromatic heterocycles. The van der Waals surface area contributed by atoms with Gasteiger partial charge in [-0.3, -0.25) is 0 Å². The minimum atomic E-state index is -0.196. The number of nitrogens with two attached hydrogens (primary N) is 2. The van der Waals surface area contributed by atoms with Crippen molar-refractivity contribution in [1.82, 2.24) is 0 Å². The van der Waals surface area contributed by atoms with Crippen LogP contribution in [0.1, 0.15) is 18.5 Å². The van der Waals surface area contributed by atoms with E-state index < -0.39 is 0 Å². The van der Waals surface area contributed by atoms with E-state index in [4.69, 9.17) is 27.8 Å². The molecule has 0 bridgehead atoms. The number of benzene rings is 1. The molecule has 0 radical (unpaired) electrons. The van der Waals surface area contributed by atoms with Gasteiger partial charge in [-0.1, -0.05) is 17.7 Å². The van der Waals surface area contributed by atoms with Gasteiger partial charge >= 0.3 is 0 Å². The quantitative estimate of drug-likeness (QED) is 0.805. The van der Waals surface area contributed by atoms with Crippen LogP contribution in [0.2, 0.25) is 5.02 Å². The predicted octanol–water partition coefficient (Wildman–Crippen LogP) is 1.70. The Morgan fingerprint density at radius 2 is 2.00 bits per heavy atom. The van der Waals surface area contributed by atoms with Gasteiger partial charge in [0.15, 0.2) is 0 Å². The summed E-state index contributed by atoms with van der Waals surface area (Å²) >= 11 is 5.96. The standard InChI is InChI=1S/C10H15ClN2O/c1-6(12)10(13)7-3-4-9(14-2)8(11)5-7/h3-6,10H,12-13H2,1-2H3. The summed E-state index contributed by atoms with van der Waals surface area (Å²) in [5.74, 6) is 0.646. The molecule has 0 saturated heterocycles. The molecule has 4 N–H and O–H groups in total. The molecule has 4 heteroatoms. The van der Waals surface area contributed by atoms with E-state index in [9.17, 15) is 0 Å². The van der Waals surface area contributed by atoms with Gasteiger partial charge in [-0.2, -0.15) is 0 Å². The van der Waals surface area contributed by atoms with Crippen molar-refractivity contribution >= 4 is 11.6 Å². The Balaban J connectivity index is 2.96. The van der Waals surface area contributed by atoms with E-state index in [1.165, 1.54) is 0 Å². The Kier molecular flexibility index (Phi) is 3.75. The Labute approximate surface area is 89.0 Å². The number of ether oxygens (including phenoxy) is 1. The second-order valence-corrected chi connectivity index (χ2v) is 3.69. The lowest BCUT2D eigenvalue weighted by Gasteiger charge is -2.16. The highest BCUT2D eigenvalue weighted by Crippen LogP contribution is 2.27. The molecule has 0 aliphatic rings. The maximum absolute atomic E-state index is 5.96. The molecule has 2 unspecified atom stereocenters. The zero-order valence-electron chi connectivity index (χ0n) is 8.33. The molecule has 0 fully saturated rings. The number of rotatable bonds is 3. The molecule has 0 spiro atoms. The molecule has 0 heterocycles. The summed E-state index contributed by atoms with van der Waals surface area (Å²) in [5.41, 5.74) is 12.5. The fourth-order valence-corrected chi connectivity index (χ4v) is 1.46. The van der Waals surface area contributed by atoms with Crippen molar-refractivity contribution in [3.8, 4) is 5.75 Å². The van der Waals surface area contributed by atoms with Gasteiger partial charge in [0.2, 0.25) is 0 Å². The highest BCUT2D eigenvalue weighted by molar-refractivity contribution is 6.32. The summed E-state index contributed by atoms with van der Waals surface area (Å²) in [6, 6.07) is 5.16. The van der Waals surface area contributed by atoms with E-state index in [0.717, 1.165) is 5.56 Å². The zero-order valence-corrected chi connectivity index (χ0v) is 9.08. The highest BCUT2D eigenvalue weighted by Gasteiger charge is 2.12. The topological polar surface area (TPSA) is 61.3 Å². The second-order valence-electron chi connectivity index (χ2n) is 3.28. The van der Waals surface area contributed by atoms with Gasteiger partial charge in [0.25, 0.3) is 0 Å². The van der Waals surface area contributed by atoms with Gasteiger partial charge in [0.1, 0.15) is 5.75 Å². The Hall–Kier alpha value is -0.770. The number of hydrogen-bond acceptors (Lipinski definition) is 3. The van der Waals surface area contributed by atoms with Crippen molar-refractivity contribution in [2.75, 3.05) is 7.11 Å². The summed E-state index contributed by atoms with van der Waals surface area (Å²) < 4.78 is 5.04. The fourth-order valence-electron chi connectivity index (χ4n) is 1.19. The fraction of sp³-hybridized carbons (Fsp3) is 0.400. The maximum atomic E-state index is 5.96. The summed E-state index contributed by atoms with van der Waals surface area (Å²) in [6.07, 6.45) is 0. The normalized spacial score (nSPS) is 14.9. The first-order valence-corrected chi connectivity index (χ1v) is 4.78. The van der Waals surface area contributed by atoms with E-state index in [0.29, 0.717) is 10.8 Å². The lowest BCUT2D eigenvalue weighted by atomic mass is 10.0. The van der Waals surface area contributed by atoms with Gasteiger partial charge in [-0.05, 0) is 24.6 Å². The predicted molar refractivity (Wildman–Crippen MR) is 58.6 cm³/mol. The van der Waals surface area contributed by atoms with Gasteiger partial charge in [0, 0.05) is 12.1 Å². The van der Waals surface area contributed by atoms with E-state index in [1.807, 2.05) is 13.0 Å². The Morgan fingerprint density at radius 1 is 1.36 bits per heavy atom. The molecule has 2 atom stereocenters. The largest absolute Gasteiger partial charge is 0.495 e. The van der Waals surface area contributed by atoms with Crippen molar-refractivity contribution in [3.63, 3.8) is 0 Å². The van der Waals surface area contributed by atoms with Crippen LogP contribution < -0.4 is 16.2 Å². The first-order valence-electron chi connectivity index (χ1n) is 4.41. The van der Waals surface area contributed by atoms with Gasteiger partial charge in [-0.15, -0.1) is 0 Å². The SMILES string of the molecule is COc1ccc(C(N)C(C)N)cc1Cl. The molecule has 3 nitrogen and oxygen atoms in total. The molecular weight excluding hydrogens is 200 g/mol. The number of halogens is 1. The van der Waals surface area contributed by atoms with Crippen molar-refractivity contribution in [2.45, 2.75) is 19.0 Å². The smallest absolute Gasteiger partial charge is 0.137 e. The van der Waals surface area contributed by atoms with Crippen LogP contribution >= 0.6 is 11.6 Å². The third-order valence-corrected chi connectivity index (χ3v) is 2.42. The molecule has 14 heavy (non-hydrogen) atoms. The van der Waals surface area contributed by atoms with Crippen LogP contribution in [0.5, 0.6) is 5.75 Å². The molecule has 1 rings (SSSR count). The van der Waals surface area contributed by atoms with Crippen LogP contribution in [-0.2, 0) is 0 Å². The third-order valence-electron chi connectivity index (χ3n) is 2.13. The number of hydrogen-bond donors (Lipinski definition) is 2. The maximum Gasteiger partial charge on any atom is 0.137 e. The first kappa shape index (κ1) is 11.3. The molecule has 1 aromatic rings. The molecule has 1 aromatic carbocycles. The molecule has 78 valence electrons. The van der Waals surface area contributed by atoms with Crippen molar-refractivity contribution < 1.29 is 4.74 Å². The van der Waals surface area contributed by atoms with Crippen molar-refractivity contribution in [3.05, 3.63) is 28.8 Å². The molecule has 0 aliphatic heterocycles. The summed E-state index contributed by atoms with van der Waals surface area (Å²) in [5, 5.41) is 0.557. The molecule has 0 aliphatic carbocycles. The molecule has 0 saturated carbocycles. The van der Waals surface area contributed by atoms with E-state index >= 15 is 0 Å². The van der Waals surface area contributed by atoms with Gasteiger partial charge < -0.3 is 16.2 Å². The average molecular weight is 215 g/mol. The Morgan fingerprint density at radius 3 is 2.43 bits per heavy atom. The summed E-state index contributed by atoms with van der Waals surface area (Å²) in [4.78, 5) is 0. The molecule has 0 amide bonds. The minimum absolute atomic E-state index is 0.0977. The van der Waals surface area contributed by atoms with Crippen LogP contribution in [0.15, 0.2) is 18.2 Å². The summed E-state index contributed by atoms with van der Waals surface area (Å²) in [7, 11) is 1.58. The van der Waals surface area contributed by atoms with E-state index in [-0.39, 0.29) is 12.1 Å². The van der Waals surface area contributed by atoms with E-state index in [2.05, 4.69) is 0 Å². The monoisotopic (exact) mass is 214 g/mol. The lowest BCUT2D eigenvalue weighted by molar-refractivity contribution is 0.414. The van der Waals surface area contributed by atoms with Gasteiger partial charge in [-0.25, -0.2) is 0 Å². The van der Waals surface area contributed by atoms with Crippen LogP contribution in [0.3, 0.4) is 0 Å². The highest BCUT2D eigenvalue weighted by atomic mass is 35.5. The molecular formula is C10H15ClN2O. The lowest BCUT2D eigenvalue weighted by Crippen LogP contribution is -2.30. The van der Waals surface area contributed by atoms with Crippen LogP contribution in [-0.4, -0.2) is 13.2 Å². The summed E-state index contributed by atoms with van der Waals surface area (Å²) in [6.45, 7) is 1.86. The first-order chi connectivity index (χ1) is 6.56. The number of methoxy groups -OCH3 is 1. The second kappa shape index (κ2) is 4.64. The Bertz CT molecular complexity index is 315. The average Bonchev–Trinajstić information content (AvgIpc) is 2.16. The van der Waals surface area contributed by atoms with Gasteiger partial charge in [0.05, 0.1) is 12.1 Å². The van der Waals surface area contributed by atoms with Crippen molar-refractivity contribution in [1.29, 1.82) is 0 Å².